The highest BCUT2D eigenvalue weighted by Crippen LogP contribution is 1.95. The summed E-state index contributed by atoms with van der Waals surface area (Å²) in [7, 11) is 0. The molecule has 0 saturated carbocycles. The average Bonchev–Trinajstić information content (AvgIpc) is 1.77. The zero-order valence-electron chi connectivity index (χ0n) is 4.58. The molecule has 1 aliphatic heterocycles. The number of ether oxygens (including phenoxy) is 1. The number of hydrazine groups is 1. The van der Waals surface area contributed by atoms with Crippen LogP contribution in [0.3, 0.4) is 0 Å². The van der Waals surface area contributed by atoms with Crippen LogP contribution in [0, 0.1) is 0 Å². The van der Waals surface area contributed by atoms with Gasteiger partial charge in [0.25, 0.3) is 0 Å². The second-order valence-corrected chi connectivity index (χ2v) is 1.79. The molecule has 0 aromatic heterocycles. The molecule has 0 aliphatic carbocycles. The van der Waals surface area contributed by atoms with Gasteiger partial charge in [-0.25, -0.2) is 5.01 Å². The van der Waals surface area contributed by atoms with E-state index in [-0.39, 0.29) is 0 Å². The maximum atomic E-state index is 8.85. The van der Waals surface area contributed by atoms with Gasteiger partial charge in [0.1, 0.15) is 6.23 Å². The van der Waals surface area contributed by atoms with Gasteiger partial charge in [-0.1, -0.05) is 0 Å². The molecule has 0 aromatic carbocycles. The molecule has 0 amide bonds. The molecule has 8 heavy (non-hydrogen) atoms. The van der Waals surface area contributed by atoms with Gasteiger partial charge in [-0.05, 0) is 0 Å². The number of rotatable bonds is 0. The summed E-state index contributed by atoms with van der Waals surface area (Å²) in [5, 5.41) is 10.2. The van der Waals surface area contributed by atoms with Gasteiger partial charge in [-0.3, -0.25) is 5.84 Å². The van der Waals surface area contributed by atoms with Gasteiger partial charge < -0.3 is 9.84 Å². The Balaban J connectivity index is 2.28. The molecule has 3 N–H and O–H groups in total. The summed E-state index contributed by atoms with van der Waals surface area (Å²) in [6.45, 7) is 1.56. The molecule has 1 fully saturated rings. The SMILES string of the molecule is NN1CCOCC1O. The Morgan fingerprint density at radius 1 is 1.75 bits per heavy atom. The predicted octanol–water partition coefficient (Wildman–Crippen LogP) is -1.49. The second-order valence-electron chi connectivity index (χ2n) is 1.79. The van der Waals surface area contributed by atoms with Crippen LogP contribution in [0.4, 0.5) is 0 Å². The quantitative estimate of drug-likeness (QED) is 0.380. The highest BCUT2D eigenvalue weighted by Gasteiger charge is 2.15. The Bertz CT molecular complexity index is 68.4. The van der Waals surface area contributed by atoms with Gasteiger partial charge in [-0.2, -0.15) is 0 Å². The summed E-state index contributed by atoms with van der Waals surface area (Å²) in [5.41, 5.74) is 0. The Morgan fingerprint density at radius 3 is 2.88 bits per heavy atom. The summed E-state index contributed by atoms with van der Waals surface area (Å²) in [6, 6.07) is 0. The molecular weight excluding hydrogens is 108 g/mol. The lowest BCUT2D eigenvalue weighted by Crippen LogP contribution is -2.49. The van der Waals surface area contributed by atoms with E-state index >= 15 is 0 Å². The van der Waals surface area contributed by atoms with Gasteiger partial charge in [0, 0.05) is 6.54 Å². The van der Waals surface area contributed by atoms with Crippen LogP contribution < -0.4 is 5.84 Å². The second kappa shape index (κ2) is 2.41. The molecule has 1 heterocycles. The summed E-state index contributed by atoms with van der Waals surface area (Å²) in [6.07, 6.45) is -0.608. The summed E-state index contributed by atoms with van der Waals surface area (Å²) in [4.78, 5) is 0. The molecule has 1 unspecified atom stereocenters. The van der Waals surface area contributed by atoms with Crippen molar-refractivity contribution in [2.24, 2.45) is 5.84 Å². The largest absolute Gasteiger partial charge is 0.376 e. The molecule has 0 bridgehead atoms. The van der Waals surface area contributed by atoms with E-state index in [2.05, 4.69) is 0 Å². The topological polar surface area (TPSA) is 58.7 Å². The monoisotopic (exact) mass is 118 g/mol. The predicted molar refractivity (Wildman–Crippen MR) is 27.7 cm³/mol. The van der Waals surface area contributed by atoms with Crippen LogP contribution in [0.25, 0.3) is 0 Å². The Morgan fingerprint density at radius 2 is 2.50 bits per heavy atom. The lowest BCUT2D eigenvalue weighted by Gasteiger charge is -2.27. The van der Waals surface area contributed by atoms with Crippen molar-refractivity contribution < 1.29 is 9.84 Å². The van der Waals surface area contributed by atoms with Gasteiger partial charge >= 0.3 is 0 Å². The van der Waals surface area contributed by atoms with E-state index in [4.69, 9.17) is 15.7 Å². The minimum Gasteiger partial charge on any atom is -0.376 e. The van der Waals surface area contributed by atoms with Crippen LogP contribution in [-0.4, -0.2) is 36.1 Å². The fourth-order valence-corrected chi connectivity index (χ4v) is 0.603. The minimum atomic E-state index is -0.608. The number of nitrogens with two attached hydrogens (primary N) is 1. The van der Waals surface area contributed by atoms with E-state index < -0.39 is 6.23 Å². The first-order valence-electron chi connectivity index (χ1n) is 2.58. The van der Waals surface area contributed by atoms with E-state index in [1.807, 2.05) is 0 Å². The van der Waals surface area contributed by atoms with Crippen molar-refractivity contribution in [3.05, 3.63) is 0 Å². The van der Waals surface area contributed by atoms with Crippen molar-refractivity contribution in [1.82, 2.24) is 5.01 Å². The van der Waals surface area contributed by atoms with E-state index in [9.17, 15) is 0 Å². The summed E-state index contributed by atoms with van der Waals surface area (Å²) < 4.78 is 4.88. The van der Waals surface area contributed by atoms with E-state index in [0.717, 1.165) is 0 Å². The van der Waals surface area contributed by atoms with Crippen molar-refractivity contribution in [3.8, 4) is 0 Å². The molecule has 1 saturated heterocycles. The molecule has 0 aromatic rings. The molecule has 48 valence electrons. The maximum Gasteiger partial charge on any atom is 0.143 e. The van der Waals surface area contributed by atoms with Crippen LogP contribution in [-0.2, 0) is 4.74 Å². The standard InChI is InChI=1S/C4H10N2O2/c5-6-1-2-8-3-4(6)7/h4,7H,1-3,5H2. The summed E-state index contributed by atoms with van der Waals surface area (Å²) in [5.74, 6) is 5.28. The number of aliphatic hydroxyl groups excluding tert-OH is 1. The highest BCUT2D eigenvalue weighted by atomic mass is 16.5. The minimum absolute atomic E-state index is 0.330. The highest BCUT2D eigenvalue weighted by molar-refractivity contribution is 4.57. The average molecular weight is 118 g/mol. The van der Waals surface area contributed by atoms with Gasteiger partial charge in [-0.15, -0.1) is 0 Å². The van der Waals surface area contributed by atoms with E-state index in [1.54, 1.807) is 0 Å². The number of hydrogen-bond acceptors (Lipinski definition) is 4. The Labute approximate surface area is 47.8 Å². The van der Waals surface area contributed by atoms with E-state index in [0.29, 0.717) is 19.8 Å². The lowest BCUT2D eigenvalue weighted by molar-refractivity contribution is -0.106. The van der Waals surface area contributed by atoms with Crippen LogP contribution >= 0.6 is 0 Å². The maximum absolute atomic E-state index is 8.85. The molecule has 4 heteroatoms. The molecule has 1 rings (SSSR count). The first kappa shape index (κ1) is 5.97. The summed E-state index contributed by atoms with van der Waals surface area (Å²) >= 11 is 0. The van der Waals surface area contributed by atoms with Crippen molar-refractivity contribution >= 4 is 0 Å². The van der Waals surface area contributed by atoms with Crippen LogP contribution in [0.2, 0.25) is 0 Å². The lowest BCUT2D eigenvalue weighted by atomic mass is 10.5. The first-order valence-corrected chi connectivity index (χ1v) is 2.58. The fraction of sp³-hybridized carbons (Fsp3) is 1.00. The molecular formula is C4H10N2O2. The third kappa shape index (κ3) is 1.16. The molecule has 4 nitrogen and oxygen atoms in total. The van der Waals surface area contributed by atoms with Crippen LogP contribution in [0.15, 0.2) is 0 Å². The first-order chi connectivity index (χ1) is 3.80. The van der Waals surface area contributed by atoms with Gasteiger partial charge in [0.15, 0.2) is 0 Å². The zero-order chi connectivity index (χ0) is 5.98. The molecule has 0 radical (unpaired) electrons. The van der Waals surface area contributed by atoms with Gasteiger partial charge in [0.2, 0.25) is 0 Å². The zero-order valence-corrected chi connectivity index (χ0v) is 4.58. The third-order valence-corrected chi connectivity index (χ3v) is 1.14. The fourth-order valence-electron chi connectivity index (χ4n) is 0.603. The smallest absolute Gasteiger partial charge is 0.143 e. The van der Waals surface area contributed by atoms with Crippen molar-refractivity contribution in [3.63, 3.8) is 0 Å². The number of aliphatic hydroxyl groups is 1. The Kier molecular flexibility index (Phi) is 1.80. The van der Waals surface area contributed by atoms with Crippen molar-refractivity contribution in [2.75, 3.05) is 19.8 Å². The van der Waals surface area contributed by atoms with E-state index in [1.165, 1.54) is 5.01 Å². The third-order valence-electron chi connectivity index (χ3n) is 1.14. The van der Waals surface area contributed by atoms with Crippen LogP contribution in [0.1, 0.15) is 0 Å². The number of nitrogens with zero attached hydrogens (tertiary/aromatic N) is 1. The molecule has 0 spiro atoms. The molecule has 1 aliphatic rings. The van der Waals surface area contributed by atoms with Gasteiger partial charge in [0.05, 0.1) is 13.2 Å². The van der Waals surface area contributed by atoms with Crippen molar-refractivity contribution in [2.45, 2.75) is 6.23 Å². The molecule has 1 atom stereocenters. The number of morpholine rings is 1. The van der Waals surface area contributed by atoms with Crippen molar-refractivity contribution in [1.29, 1.82) is 0 Å². The van der Waals surface area contributed by atoms with Crippen LogP contribution in [0.5, 0.6) is 0 Å². The number of hydrogen-bond donors (Lipinski definition) is 2. The normalized spacial score (nSPS) is 33.0. The Hall–Kier alpha value is -0.160.